The van der Waals surface area contributed by atoms with Crippen LogP contribution in [0.25, 0.3) is 0 Å². The first-order valence-electron chi connectivity index (χ1n) is 8.05. The van der Waals surface area contributed by atoms with Crippen LogP contribution in [-0.4, -0.2) is 61.0 Å². The van der Waals surface area contributed by atoms with Crippen molar-refractivity contribution in [2.24, 2.45) is 0 Å². The summed E-state index contributed by atoms with van der Waals surface area (Å²) in [5.41, 5.74) is 0.911. The number of amides is 3. The monoisotopic (exact) mass is 348 g/mol. The molecule has 2 aliphatic heterocycles. The second-order valence-corrected chi connectivity index (χ2v) is 6.42. The number of hydrogen-bond acceptors (Lipinski definition) is 3. The van der Waals surface area contributed by atoms with E-state index in [1.54, 1.807) is 25.2 Å². The first kappa shape index (κ1) is 16.8. The van der Waals surface area contributed by atoms with Crippen molar-refractivity contribution >= 4 is 29.2 Å². The summed E-state index contributed by atoms with van der Waals surface area (Å²) in [6.07, 6.45) is 5.31. The molecule has 0 radical (unpaired) electrons. The van der Waals surface area contributed by atoms with Gasteiger partial charge in [-0.2, -0.15) is 0 Å². The Kier molecular flexibility index (Phi) is 5.06. The van der Waals surface area contributed by atoms with Gasteiger partial charge in [0.1, 0.15) is 0 Å². The molecule has 0 aromatic heterocycles. The van der Waals surface area contributed by atoms with Crippen LogP contribution in [0.5, 0.6) is 0 Å². The Balaban J connectivity index is 1.62. The molecule has 2 N–H and O–H groups in total. The van der Waals surface area contributed by atoms with Crippen LogP contribution < -0.4 is 10.6 Å². The van der Waals surface area contributed by atoms with E-state index in [-0.39, 0.29) is 11.9 Å². The average molecular weight is 349 g/mol. The summed E-state index contributed by atoms with van der Waals surface area (Å²) in [6, 6.07) is 5.18. The fraction of sp³-hybridized carbons (Fsp3) is 0.412. The molecule has 0 aliphatic carbocycles. The highest BCUT2D eigenvalue weighted by Crippen LogP contribution is 2.22. The average Bonchev–Trinajstić information content (AvgIpc) is 3.26. The van der Waals surface area contributed by atoms with Gasteiger partial charge < -0.3 is 15.5 Å². The molecule has 128 valence electrons. The Morgan fingerprint density at radius 1 is 1.25 bits per heavy atom. The van der Waals surface area contributed by atoms with Crippen LogP contribution in [0.4, 0.5) is 10.5 Å². The third kappa shape index (κ3) is 3.55. The minimum absolute atomic E-state index is 0.144. The maximum atomic E-state index is 12.5. The first-order chi connectivity index (χ1) is 11.6. The number of hydrogen-bond donors (Lipinski definition) is 2. The second kappa shape index (κ2) is 7.23. The Morgan fingerprint density at radius 3 is 2.71 bits per heavy atom. The number of nitrogens with zero attached hydrogens (tertiary/aromatic N) is 2. The van der Waals surface area contributed by atoms with Gasteiger partial charge in [-0.05, 0) is 24.6 Å². The normalized spacial score (nSPS) is 20.4. The molecule has 2 aliphatic rings. The van der Waals surface area contributed by atoms with E-state index in [4.69, 9.17) is 11.6 Å². The number of nitrogens with one attached hydrogen (secondary N) is 2. The quantitative estimate of drug-likeness (QED) is 0.823. The van der Waals surface area contributed by atoms with Crippen LogP contribution in [0, 0.1) is 0 Å². The predicted octanol–water partition coefficient (Wildman–Crippen LogP) is 2.18. The zero-order chi connectivity index (χ0) is 17.1. The van der Waals surface area contributed by atoms with Crippen LogP contribution in [0.3, 0.4) is 0 Å². The summed E-state index contributed by atoms with van der Waals surface area (Å²) in [5.74, 6) is -0.279. The molecule has 7 heteroatoms. The minimum Gasteiger partial charge on any atom is -0.355 e. The number of urea groups is 1. The molecular formula is C17H21ClN4O2. The largest absolute Gasteiger partial charge is 0.355 e. The highest BCUT2D eigenvalue weighted by molar-refractivity contribution is 6.34. The van der Waals surface area contributed by atoms with Crippen LogP contribution in [0.1, 0.15) is 16.8 Å². The molecule has 1 aromatic rings. The summed E-state index contributed by atoms with van der Waals surface area (Å²) in [4.78, 5) is 28.4. The maximum Gasteiger partial charge on any atom is 0.321 e. The van der Waals surface area contributed by atoms with E-state index in [0.717, 1.165) is 32.6 Å². The number of carbonyl (C=O) groups excluding carboxylic acids is 2. The van der Waals surface area contributed by atoms with E-state index in [1.165, 1.54) is 0 Å². The van der Waals surface area contributed by atoms with E-state index >= 15 is 0 Å². The number of halogens is 1. The second-order valence-electron chi connectivity index (χ2n) is 6.02. The van der Waals surface area contributed by atoms with Crippen LogP contribution in [-0.2, 0) is 0 Å². The summed E-state index contributed by atoms with van der Waals surface area (Å²) in [7, 11) is 1.54. The van der Waals surface area contributed by atoms with E-state index in [0.29, 0.717) is 22.3 Å². The number of likely N-dealkylation sites (tertiary alicyclic amines) is 1. The standard InChI is InChI=1S/C17H21ClN4O2/c1-19-16(23)14-10-12(4-5-15(14)18)20-17(24)22-9-6-13(11-22)21-7-2-3-8-21/h2-5,10,13H,6-9,11H2,1H3,(H,19,23)(H,20,24)/t13-/m0/s1. The summed E-state index contributed by atoms with van der Waals surface area (Å²) in [6.45, 7) is 3.39. The maximum absolute atomic E-state index is 12.5. The van der Waals surface area contributed by atoms with Gasteiger partial charge in [0.25, 0.3) is 5.91 Å². The number of rotatable bonds is 3. The van der Waals surface area contributed by atoms with Crippen molar-refractivity contribution in [3.8, 4) is 0 Å². The van der Waals surface area contributed by atoms with Gasteiger partial charge >= 0.3 is 6.03 Å². The lowest BCUT2D eigenvalue weighted by atomic mass is 10.2. The first-order valence-corrected chi connectivity index (χ1v) is 8.43. The molecule has 1 saturated heterocycles. The third-order valence-electron chi connectivity index (χ3n) is 4.50. The van der Waals surface area contributed by atoms with Crippen molar-refractivity contribution in [1.82, 2.24) is 15.1 Å². The number of benzene rings is 1. The minimum atomic E-state index is -0.279. The van der Waals surface area contributed by atoms with Crippen molar-refractivity contribution in [3.05, 3.63) is 40.9 Å². The number of anilines is 1. The van der Waals surface area contributed by atoms with Crippen LogP contribution in [0.15, 0.2) is 30.4 Å². The molecule has 2 heterocycles. The SMILES string of the molecule is CNC(=O)c1cc(NC(=O)N2CC[C@H](N3CC=CC3)C2)ccc1Cl. The van der Waals surface area contributed by atoms with Gasteiger partial charge in [0.05, 0.1) is 10.6 Å². The van der Waals surface area contributed by atoms with Crippen molar-refractivity contribution in [3.63, 3.8) is 0 Å². The van der Waals surface area contributed by atoms with Crippen molar-refractivity contribution in [1.29, 1.82) is 0 Å². The fourth-order valence-corrected chi connectivity index (χ4v) is 3.33. The molecular weight excluding hydrogens is 328 g/mol. The van der Waals surface area contributed by atoms with E-state index in [2.05, 4.69) is 27.7 Å². The molecule has 1 aromatic carbocycles. The third-order valence-corrected chi connectivity index (χ3v) is 4.83. The zero-order valence-electron chi connectivity index (χ0n) is 13.6. The van der Waals surface area contributed by atoms with Gasteiger partial charge in [-0.25, -0.2) is 4.79 Å². The summed E-state index contributed by atoms with van der Waals surface area (Å²) >= 11 is 6.03. The van der Waals surface area contributed by atoms with Gasteiger partial charge in [-0.3, -0.25) is 9.69 Å². The summed E-state index contributed by atoms with van der Waals surface area (Å²) in [5, 5.41) is 5.75. The lowest BCUT2D eigenvalue weighted by Gasteiger charge is -2.23. The Labute approximate surface area is 146 Å². The molecule has 3 amide bonds. The van der Waals surface area contributed by atoms with Gasteiger partial charge in [-0.15, -0.1) is 0 Å². The molecule has 3 rings (SSSR count). The molecule has 1 atom stereocenters. The van der Waals surface area contributed by atoms with Gasteiger partial charge in [-0.1, -0.05) is 23.8 Å². The summed E-state index contributed by atoms with van der Waals surface area (Å²) < 4.78 is 0. The van der Waals surface area contributed by atoms with Crippen LogP contribution >= 0.6 is 11.6 Å². The highest BCUT2D eigenvalue weighted by Gasteiger charge is 2.30. The molecule has 1 fully saturated rings. The molecule has 24 heavy (non-hydrogen) atoms. The van der Waals surface area contributed by atoms with Crippen molar-refractivity contribution in [2.45, 2.75) is 12.5 Å². The van der Waals surface area contributed by atoms with Gasteiger partial charge in [0, 0.05) is 45.0 Å². The van der Waals surface area contributed by atoms with E-state index in [9.17, 15) is 9.59 Å². The van der Waals surface area contributed by atoms with Gasteiger partial charge in [0.2, 0.25) is 0 Å². The van der Waals surface area contributed by atoms with Crippen LogP contribution in [0.2, 0.25) is 5.02 Å². The molecule has 6 nitrogen and oxygen atoms in total. The Hall–Kier alpha value is -2.05. The predicted molar refractivity (Wildman–Crippen MR) is 94.6 cm³/mol. The molecule has 0 spiro atoms. The molecule has 0 unspecified atom stereocenters. The highest BCUT2D eigenvalue weighted by atomic mass is 35.5. The Morgan fingerprint density at radius 2 is 2.00 bits per heavy atom. The van der Waals surface area contributed by atoms with Crippen molar-refractivity contribution in [2.75, 3.05) is 38.5 Å². The van der Waals surface area contributed by atoms with E-state index < -0.39 is 0 Å². The van der Waals surface area contributed by atoms with E-state index in [1.807, 2.05) is 4.90 Å². The lowest BCUT2D eigenvalue weighted by molar-refractivity contribution is 0.0963. The topological polar surface area (TPSA) is 64.7 Å². The smallest absolute Gasteiger partial charge is 0.321 e. The van der Waals surface area contributed by atoms with Crippen molar-refractivity contribution < 1.29 is 9.59 Å². The fourth-order valence-electron chi connectivity index (χ4n) is 3.13. The zero-order valence-corrected chi connectivity index (χ0v) is 14.3. The molecule has 0 saturated carbocycles. The molecule has 0 bridgehead atoms. The Bertz CT molecular complexity index is 669. The number of carbonyl (C=O) groups is 2. The van der Waals surface area contributed by atoms with Gasteiger partial charge in [0.15, 0.2) is 0 Å². The lowest BCUT2D eigenvalue weighted by Crippen LogP contribution is -2.38.